The van der Waals surface area contributed by atoms with Gasteiger partial charge in [-0.25, -0.2) is 0 Å². The van der Waals surface area contributed by atoms with Gasteiger partial charge in [0.25, 0.3) is 0 Å². The number of benzene rings is 1. The summed E-state index contributed by atoms with van der Waals surface area (Å²) in [6.45, 7) is 1.39. The van der Waals surface area contributed by atoms with Crippen molar-refractivity contribution in [3.05, 3.63) is 35.6 Å². The first-order valence-corrected chi connectivity index (χ1v) is 6.80. The molecular formula is C15H20N2O. The molecule has 0 atom stereocenters. The van der Waals surface area contributed by atoms with Crippen molar-refractivity contribution in [2.45, 2.75) is 44.8 Å². The van der Waals surface area contributed by atoms with Gasteiger partial charge in [0.1, 0.15) is 11.3 Å². The van der Waals surface area contributed by atoms with Gasteiger partial charge in [0.05, 0.1) is 6.54 Å². The third kappa shape index (κ3) is 2.42. The first-order chi connectivity index (χ1) is 8.85. The molecule has 3 heteroatoms. The van der Waals surface area contributed by atoms with Crippen LogP contribution in [0.5, 0.6) is 0 Å². The van der Waals surface area contributed by atoms with Crippen LogP contribution in [0.25, 0.3) is 11.0 Å². The van der Waals surface area contributed by atoms with Crippen LogP contribution in [0.4, 0.5) is 0 Å². The first-order valence-electron chi connectivity index (χ1n) is 6.80. The minimum Gasteiger partial charge on any atom is -0.460 e. The van der Waals surface area contributed by atoms with E-state index in [-0.39, 0.29) is 0 Å². The van der Waals surface area contributed by atoms with Gasteiger partial charge in [-0.2, -0.15) is 0 Å². The number of hydrogen-bond acceptors (Lipinski definition) is 3. The Balaban J connectivity index is 1.72. The smallest absolute Gasteiger partial charge is 0.134 e. The average Bonchev–Trinajstić information content (AvgIpc) is 3.04. The fourth-order valence-electron chi connectivity index (χ4n) is 2.72. The van der Waals surface area contributed by atoms with Crippen LogP contribution in [0.1, 0.15) is 37.0 Å². The van der Waals surface area contributed by atoms with E-state index in [0.717, 1.165) is 28.8 Å². The zero-order valence-electron chi connectivity index (χ0n) is 10.6. The van der Waals surface area contributed by atoms with Crippen LogP contribution >= 0.6 is 0 Å². The molecule has 0 saturated heterocycles. The van der Waals surface area contributed by atoms with E-state index in [4.69, 9.17) is 10.2 Å². The molecule has 1 fully saturated rings. The lowest BCUT2D eigenvalue weighted by molar-refractivity contribution is 0.462. The van der Waals surface area contributed by atoms with Crippen molar-refractivity contribution in [3.8, 4) is 0 Å². The Morgan fingerprint density at radius 3 is 2.83 bits per heavy atom. The van der Waals surface area contributed by atoms with Crippen LogP contribution in [0, 0.1) is 0 Å². The number of nitrogens with one attached hydrogen (secondary N) is 1. The maximum absolute atomic E-state index is 5.85. The summed E-state index contributed by atoms with van der Waals surface area (Å²) >= 11 is 0. The number of furan rings is 1. The van der Waals surface area contributed by atoms with E-state index in [1.807, 2.05) is 6.07 Å². The predicted octanol–water partition coefficient (Wildman–Crippen LogP) is 2.92. The van der Waals surface area contributed by atoms with E-state index in [1.165, 1.54) is 25.7 Å². The Morgan fingerprint density at radius 1 is 1.22 bits per heavy atom. The monoisotopic (exact) mass is 244 g/mol. The second kappa shape index (κ2) is 5.12. The molecule has 0 spiro atoms. The molecule has 3 N–H and O–H groups in total. The van der Waals surface area contributed by atoms with Gasteiger partial charge in [-0.3, -0.25) is 0 Å². The Hall–Kier alpha value is -1.32. The number of fused-ring (bicyclic) bond motifs is 1. The minimum atomic E-state index is 0.562. The molecule has 0 bridgehead atoms. The van der Waals surface area contributed by atoms with Crippen LogP contribution in [0.3, 0.4) is 0 Å². The molecule has 1 aromatic carbocycles. The van der Waals surface area contributed by atoms with E-state index in [2.05, 4.69) is 23.5 Å². The maximum Gasteiger partial charge on any atom is 0.134 e. The lowest BCUT2D eigenvalue weighted by atomic mass is 10.2. The molecule has 2 aromatic rings. The highest BCUT2D eigenvalue weighted by molar-refractivity contribution is 5.78. The summed E-state index contributed by atoms with van der Waals surface area (Å²) in [5, 5.41) is 4.73. The molecular weight excluding hydrogens is 224 g/mol. The molecule has 18 heavy (non-hydrogen) atoms. The third-order valence-electron chi connectivity index (χ3n) is 3.79. The van der Waals surface area contributed by atoms with Crippen molar-refractivity contribution in [2.75, 3.05) is 0 Å². The molecule has 96 valence electrons. The number of rotatable bonds is 4. The van der Waals surface area contributed by atoms with Crippen molar-refractivity contribution in [1.82, 2.24) is 5.32 Å². The van der Waals surface area contributed by atoms with Gasteiger partial charge in [0, 0.05) is 18.0 Å². The molecule has 1 aromatic heterocycles. The summed E-state index contributed by atoms with van der Waals surface area (Å²) in [7, 11) is 0. The molecule has 1 aliphatic rings. The van der Waals surface area contributed by atoms with Gasteiger partial charge in [-0.1, -0.05) is 25.0 Å². The molecule has 0 amide bonds. The predicted molar refractivity (Wildman–Crippen MR) is 73.2 cm³/mol. The van der Waals surface area contributed by atoms with Crippen LogP contribution < -0.4 is 11.1 Å². The highest BCUT2D eigenvalue weighted by atomic mass is 16.3. The zero-order chi connectivity index (χ0) is 12.4. The first kappa shape index (κ1) is 11.8. The summed E-state index contributed by atoms with van der Waals surface area (Å²) < 4.78 is 5.85. The van der Waals surface area contributed by atoms with Crippen molar-refractivity contribution >= 4 is 11.0 Å². The highest BCUT2D eigenvalue weighted by Gasteiger charge is 2.14. The van der Waals surface area contributed by atoms with Crippen molar-refractivity contribution in [2.24, 2.45) is 5.73 Å². The summed E-state index contributed by atoms with van der Waals surface area (Å²) in [6.07, 6.45) is 5.32. The Labute approximate surface area is 107 Å². The van der Waals surface area contributed by atoms with E-state index in [0.29, 0.717) is 12.6 Å². The summed E-state index contributed by atoms with van der Waals surface area (Å²) in [5.74, 6) is 1.02. The fourth-order valence-corrected chi connectivity index (χ4v) is 2.72. The van der Waals surface area contributed by atoms with Crippen LogP contribution in [-0.2, 0) is 13.1 Å². The second-order valence-corrected chi connectivity index (χ2v) is 5.15. The number of hydrogen-bond donors (Lipinski definition) is 2. The standard InChI is InChI=1S/C15H20N2O/c16-9-11-5-6-12-8-14(18-15(12)7-11)10-17-13-3-1-2-4-13/h5-8,13,17H,1-4,9-10,16H2. The molecule has 3 rings (SSSR count). The van der Waals surface area contributed by atoms with E-state index in [9.17, 15) is 0 Å². The summed E-state index contributed by atoms with van der Waals surface area (Å²) in [5.41, 5.74) is 7.70. The molecule has 1 heterocycles. The normalized spacial score (nSPS) is 16.7. The van der Waals surface area contributed by atoms with Gasteiger partial charge < -0.3 is 15.5 Å². The van der Waals surface area contributed by atoms with Crippen molar-refractivity contribution < 1.29 is 4.42 Å². The summed E-state index contributed by atoms with van der Waals surface area (Å²) in [6, 6.07) is 8.98. The van der Waals surface area contributed by atoms with Gasteiger partial charge in [0.2, 0.25) is 0 Å². The Bertz CT molecular complexity index is 526. The van der Waals surface area contributed by atoms with Crippen molar-refractivity contribution in [1.29, 1.82) is 0 Å². The van der Waals surface area contributed by atoms with E-state index >= 15 is 0 Å². The van der Waals surface area contributed by atoms with Gasteiger partial charge >= 0.3 is 0 Å². The largest absolute Gasteiger partial charge is 0.460 e. The van der Waals surface area contributed by atoms with Gasteiger partial charge in [-0.05, 0) is 30.5 Å². The van der Waals surface area contributed by atoms with Crippen molar-refractivity contribution in [3.63, 3.8) is 0 Å². The van der Waals surface area contributed by atoms with Crippen LogP contribution in [0.15, 0.2) is 28.7 Å². The van der Waals surface area contributed by atoms with Crippen LogP contribution in [-0.4, -0.2) is 6.04 Å². The lowest BCUT2D eigenvalue weighted by Gasteiger charge is -2.09. The maximum atomic E-state index is 5.85. The Morgan fingerprint density at radius 2 is 2.06 bits per heavy atom. The zero-order valence-corrected chi connectivity index (χ0v) is 10.6. The van der Waals surface area contributed by atoms with E-state index in [1.54, 1.807) is 0 Å². The SMILES string of the molecule is NCc1ccc2cc(CNC3CCCC3)oc2c1. The number of nitrogens with two attached hydrogens (primary N) is 1. The quantitative estimate of drug-likeness (QED) is 0.869. The average molecular weight is 244 g/mol. The molecule has 0 radical (unpaired) electrons. The molecule has 3 nitrogen and oxygen atoms in total. The lowest BCUT2D eigenvalue weighted by Crippen LogP contribution is -2.24. The molecule has 0 unspecified atom stereocenters. The Kier molecular flexibility index (Phi) is 3.35. The van der Waals surface area contributed by atoms with Gasteiger partial charge in [-0.15, -0.1) is 0 Å². The second-order valence-electron chi connectivity index (χ2n) is 5.15. The molecule has 0 aliphatic heterocycles. The van der Waals surface area contributed by atoms with Crippen LogP contribution in [0.2, 0.25) is 0 Å². The highest BCUT2D eigenvalue weighted by Crippen LogP contribution is 2.22. The van der Waals surface area contributed by atoms with Gasteiger partial charge in [0.15, 0.2) is 0 Å². The summed E-state index contributed by atoms with van der Waals surface area (Å²) in [4.78, 5) is 0. The molecule has 1 aliphatic carbocycles. The topological polar surface area (TPSA) is 51.2 Å². The minimum absolute atomic E-state index is 0.562. The third-order valence-corrected chi connectivity index (χ3v) is 3.79. The fraction of sp³-hybridized carbons (Fsp3) is 0.467. The van der Waals surface area contributed by atoms with E-state index < -0.39 is 0 Å². The molecule has 1 saturated carbocycles.